The summed E-state index contributed by atoms with van der Waals surface area (Å²) >= 11 is 0. The van der Waals surface area contributed by atoms with Crippen LogP contribution in [0.1, 0.15) is 23.1 Å². The number of amides is 1. The molecule has 21 heavy (non-hydrogen) atoms. The van der Waals surface area contributed by atoms with E-state index in [1.54, 1.807) is 4.68 Å². The second-order valence-corrected chi connectivity index (χ2v) is 5.77. The summed E-state index contributed by atoms with van der Waals surface area (Å²) in [5.74, 6) is -0.142. The van der Waals surface area contributed by atoms with Gasteiger partial charge >= 0.3 is 0 Å². The Morgan fingerprint density at radius 3 is 2.81 bits per heavy atom. The Balaban J connectivity index is 2.02. The van der Waals surface area contributed by atoms with Crippen molar-refractivity contribution in [3.05, 3.63) is 11.4 Å². The molecule has 0 spiro atoms. The first kappa shape index (κ1) is 15.8. The van der Waals surface area contributed by atoms with Crippen molar-refractivity contribution >= 4 is 11.6 Å². The lowest BCUT2D eigenvalue weighted by Gasteiger charge is -2.37. The largest absolute Gasteiger partial charge is 0.395 e. The van der Waals surface area contributed by atoms with Crippen LogP contribution in [0.3, 0.4) is 0 Å². The molecule has 2 rings (SSSR count). The van der Waals surface area contributed by atoms with Gasteiger partial charge in [0.05, 0.1) is 11.4 Å². The Morgan fingerprint density at radius 2 is 2.14 bits per heavy atom. The predicted octanol–water partition coefficient (Wildman–Crippen LogP) is -0.231. The van der Waals surface area contributed by atoms with Crippen molar-refractivity contribution in [3.63, 3.8) is 0 Å². The number of carbonyl (C=O) groups excluding carboxylic acids is 1. The molecule has 0 aromatic carbocycles. The highest BCUT2D eigenvalue weighted by Gasteiger charge is 2.24. The first-order valence-corrected chi connectivity index (χ1v) is 7.43. The summed E-state index contributed by atoms with van der Waals surface area (Å²) in [6, 6.07) is 0.327. The molecular weight excluding hydrogens is 268 g/mol. The van der Waals surface area contributed by atoms with Crippen molar-refractivity contribution in [3.8, 4) is 0 Å². The number of nitrogens with zero attached hydrogens (tertiary/aromatic N) is 4. The topological polar surface area (TPSA) is 79.4 Å². The first-order chi connectivity index (χ1) is 9.93. The number of carbonyl (C=O) groups is 1. The smallest absolute Gasteiger partial charge is 0.271 e. The van der Waals surface area contributed by atoms with Crippen molar-refractivity contribution in [1.29, 1.82) is 0 Å². The van der Waals surface area contributed by atoms with E-state index >= 15 is 0 Å². The summed E-state index contributed by atoms with van der Waals surface area (Å²) in [6.45, 7) is 8.06. The molecule has 1 aliphatic rings. The van der Waals surface area contributed by atoms with E-state index in [9.17, 15) is 4.79 Å². The minimum absolute atomic E-state index is 0.142. The van der Waals surface area contributed by atoms with Crippen molar-refractivity contribution in [2.45, 2.75) is 26.4 Å². The van der Waals surface area contributed by atoms with E-state index in [1.807, 2.05) is 13.8 Å². The molecule has 1 amide bonds. The molecule has 118 valence electrons. The highest BCUT2D eigenvalue weighted by Crippen LogP contribution is 2.16. The maximum Gasteiger partial charge on any atom is 0.271 e. The lowest BCUT2D eigenvalue weighted by molar-refractivity contribution is 0.0873. The Labute approximate surface area is 126 Å². The number of aryl methyl sites for hydroxylation is 2. The maximum atomic E-state index is 12.4. The third-order valence-electron chi connectivity index (χ3n) is 4.17. The molecule has 1 saturated heterocycles. The van der Waals surface area contributed by atoms with Crippen LogP contribution in [0.2, 0.25) is 0 Å². The fraction of sp³-hybridized carbons (Fsp3) is 0.714. The van der Waals surface area contributed by atoms with E-state index in [0.717, 1.165) is 19.6 Å². The zero-order chi connectivity index (χ0) is 15.6. The highest BCUT2D eigenvalue weighted by atomic mass is 16.2. The molecule has 1 fully saturated rings. The molecular formula is C14H26N6O. The van der Waals surface area contributed by atoms with Crippen LogP contribution in [0.15, 0.2) is 0 Å². The third-order valence-corrected chi connectivity index (χ3v) is 4.17. The molecule has 7 heteroatoms. The zero-order valence-electron chi connectivity index (χ0n) is 13.4. The van der Waals surface area contributed by atoms with Gasteiger partial charge in [0.15, 0.2) is 0 Å². The predicted molar refractivity (Wildman–Crippen MR) is 83.3 cm³/mol. The molecule has 2 heterocycles. The number of piperazine rings is 1. The van der Waals surface area contributed by atoms with Crippen LogP contribution in [-0.4, -0.2) is 71.8 Å². The zero-order valence-corrected chi connectivity index (χ0v) is 13.4. The van der Waals surface area contributed by atoms with E-state index in [-0.39, 0.29) is 5.91 Å². The number of hydrogen-bond acceptors (Lipinski definition) is 5. The van der Waals surface area contributed by atoms with Gasteiger partial charge in [-0.15, -0.1) is 0 Å². The number of aromatic nitrogens is 2. The molecule has 1 aromatic heterocycles. The molecule has 1 aromatic rings. The molecule has 0 bridgehead atoms. The molecule has 1 unspecified atom stereocenters. The molecule has 0 saturated carbocycles. The summed E-state index contributed by atoms with van der Waals surface area (Å²) < 4.78 is 1.66. The fourth-order valence-corrected chi connectivity index (χ4v) is 2.68. The Bertz CT molecular complexity index is 512. The lowest BCUT2D eigenvalue weighted by Crippen LogP contribution is -2.54. The summed E-state index contributed by atoms with van der Waals surface area (Å²) in [5.41, 5.74) is 7.63. The van der Waals surface area contributed by atoms with Crippen molar-refractivity contribution < 1.29 is 4.79 Å². The van der Waals surface area contributed by atoms with Gasteiger partial charge in [0.25, 0.3) is 5.91 Å². The van der Waals surface area contributed by atoms with Gasteiger partial charge in [0.2, 0.25) is 0 Å². The van der Waals surface area contributed by atoms with Gasteiger partial charge in [-0.3, -0.25) is 14.4 Å². The number of nitrogens with two attached hydrogens (primary N) is 1. The molecule has 0 aliphatic carbocycles. The van der Waals surface area contributed by atoms with Gasteiger partial charge in [-0.05, 0) is 27.9 Å². The summed E-state index contributed by atoms with van der Waals surface area (Å²) in [4.78, 5) is 17.0. The van der Waals surface area contributed by atoms with Crippen LogP contribution >= 0.6 is 0 Å². The number of anilines is 1. The van der Waals surface area contributed by atoms with E-state index < -0.39 is 0 Å². The van der Waals surface area contributed by atoms with Crippen LogP contribution in [0.5, 0.6) is 0 Å². The summed E-state index contributed by atoms with van der Waals surface area (Å²) in [6.07, 6.45) is 0. The first-order valence-electron chi connectivity index (χ1n) is 7.43. The van der Waals surface area contributed by atoms with Crippen LogP contribution in [0, 0.1) is 6.92 Å². The summed E-state index contributed by atoms with van der Waals surface area (Å²) in [5, 5.41) is 7.28. The lowest BCUT2D eigenvalue weighted by atomic mass is 10.2. The SMILES string of the molecule is CCn1nc(C)c(N)c1C(=O)NCC1CN(C)CCN1C. The van der Waals surface area contributed by atoms with Crippen LogP contribution < -0.4 is 11.1 Å². The summed E-state index contributed by atoms with van der Waals surface area (Å²) in [7, 11) is 4.20. The molecule has 1 aliphatic heterocycles. The van der Waals surface area contributed by atoms with Gasteiger partial charge in [-0.25, -0.2) is 0 Å². The molecule has 3 N–H and O–H groups in total. The normalized spacial score (nSPS) is 20.7. The number of rotatable bonds is 4. The van der Waals surface area contributed by atoms with Crippen molar-refractivity contribution in [2.75, 3.05) is 46.0 Å². The van der Waals surface area contributed by atoms with Crippen LogP contribution in [0.4, 0.5) is 5.69 Å². The van der Waals surface area contributed by atoms with E-state index in [4.69, 9.17) is 5.73 Å². The van der Waals surface area contributed by atoms with Gasteiger partial charge in [0, 0.05) is 38.8 Å². The third kappa shape index (κ3) is 3.36. The Hall–Kier alpha value is -1.60. The minimum Gasteiger partial charge on any atom is -0.395 e. The Kier molecular flexibility index (Phi) is 4.84. The fourth-order valence-electron chi connectivity index (χ4n) is 2.68. The molecule has 0 radical (unpaired) electrons. The number of nitrogens with one attached hydrogen (secondary N) is 1. The second-order valence-electron chi connectivity index (χ2n) is 5.77. The number of likely N-dealkylation sites (N-methyl/N-ethyl adjacent to an activating group) is 2. The van der Waals surface area contributed by atoms with Gasteiger partial charge in [-0.2, -0.15) is 5.10 Å². The standard InChI is InChI=1S/C14H26N6O/c1-5-20-13(12(15)10(2)17-20)14(21)16-8-11-9-18(3)6-7-19(11)4/h11H,5-9,15H2,1-4H3,(H,16,21). The quantitative estimate of drug-likeness (QED) is 0.802. The second kappa shape index (κ2) is 6.44. The Morgan fingerprint density at radius 1 is 1.43 bits per heavy atom. The minimum atomic E-state index is -0.142. The highest BCUT2D eigenvalue weighted by molar-refractivity contribution is 5.98. The molecule has 7 nitrogen and oxygen atoms in total. The average molecular weight is 294 g/mol. The monoisotopic (exact) mass is 294 g/mol. The van der Waals surface area contributed by atoms with Gasteiger partial charge < -0.3 is 16.0 Å². The van der Waals surface area contributed by atoms with Crippen molar-refractivity contribution in [2.24, 2.45) is 0 Å². The van der Waals surface area contributed by atoms with Crippen LogP contribution in [-0.2, 0) is 6.54 Å². The average Bonchev–Trinajstić information content (AvgIpc) is 2.75. The van der Waals surface area contributed by atoms with E-state index in [2.05, 4.69) is 34.3 Å². The maximum absolute atomic E-state index is 12.4. The number of nitrogen functional groups attached to an aromatic ring is 1. The van der Waals surface area contributed by atoms with Gasteiger partial charge in [-0.1, -0.05) is 0 Å². The number of hydrogen-bond donors (Lipinski definition) is 2. The van der Waals surface area contributed by atoms with Crippen LogP contribution in [0.25, 0.3) is 0 Å². The molecule has 1 atom stereocenters. The van der Waals surface area contributed by atoms with E-state index in [0.29, 0.717) is 36.2 Å². The van der Waals surface area contributed by atoms with E-state index in [1.165, 1.54) is 0 Å². The van der Waals surface area contributed by atoms with Gasteiger partial charge in [0.1, 0.15) is 5.69 Å². The van der Waals surface area contributed by atoms with Crippen molar-refractivity contribution in [1.82, 2.24) is 24.9 Å².